The molecule has 0 atom stereocenters. The Balaban J connectivity index is 1.59. The van der Waals surface area contributed by atoms with E-state index in [0.717, 1.165) is 55.5 Å². The van der Waals surface area contributed by atoms with E-state index in [4.69, 9.17) is 0 Å². The minimum absolute atomic E-state index is 0.0136. The number of amides is 2. The Hall–Kier alpha value is -2.36. The van der Waals surface area contributed by atoms with E-state index in [1.54, 1.807) is 16.5 Å². The third kappa shape index (κ3) is 4.01. The molecule has 3 heterocycles. The first kappa shape index (κ1) is 17.5. The van der Waals surface area contributed by atoms with Gasteiger partial charge in [0.25, 0.3) is 5.91 Å². The second-order valence-electron chi connectivity index (χ2n) is 6.10. The van der Waals surface area contributed by atoms with Crippen molar-refractivity contribution in [2.75, 3.05) is 19.6 Å². The van der Waals surface area contributed by atoms with Crippen molar-refractivity contribution in [1.29, 1.82) is 0 Å². The highest BCUT2D eigenvalue weighted by Gasteiger charge is 2.21. The van der Waals surface area contributed by atoms with Gasteiger partial charge in [0.2, 0.25) is 5.91 Å². The Morgan fingerprint density at radius 3 is 2.60 bits per heavy atom. The molecular weight excluding hydrogens is 342 g/mol. The molecule has 1 saturated heterocycles. The van der Waals surface area contributed by atoms with Crippen LogP contribution in [0.1, 0.15) is 46.8 Å². The van der Waals surface area contributed by atoms with Crippen molar-refractivity contribution in [3.63, 3.8) is 0 Å². The molecule has 0 bridgehead atoms. The van der Waals surface area contributed by atoms with Crippen molar-refractivity contribution in [2.45, 2.75) is 39.7 Å². The third-order valence-corrected chi connectivity index (χ3v) is 5.01. The Labute approximate surface area is 149 Å². The number of nitrogens with zero attached hydrogens (tertiary/aromatic N) is 6. The molecule has 2 aromatic heterocycles. The van der Waals surface area contributed by atoms with Gasteiger partial charge < -0.3 is 10.2 Å². The molecule has 1 aliphatic rings. The molecule has 0 aromatic carbocycles. The molecule has 3 rings (SSSR count). The molecule has 1 N–H and O–H groups in total. The van der Waals surface area contributed by atoms with E-state index in [-0.39, 0.29) is 24.1 Å². The lowest BCUT2D eigenvalue weighted by Gasteiger charge is -2.26. The van der Waals surface area contributed by atoms with Gasteiger partial charge in [-0.15, -0.1) is 5.10 Å². The first-order chi connectivity index (χ1) is 12.1. The number of hydrogen-bond acceptors (Lipinski definition) is 7. The zero-order valence-electron chi connectivity index (χ0n) is 14.4. The fraction of sp³-hybridized carbons (Fsp3) is 0.600. The molecule has 2 amide bonds. The van der Waals surface area contributed by atoms with Crippen LogP contribution in [0.4, 0.5) is 0 Å². The summed E-state index contributed by atoms with van der Waals surface area (Å²) in [5, 5.41) is 10.6. The molecule has 0 saturated carbocycles. The number of aryl methyl sites for hydroxylation is 1. The molecule has 1 fully saturated rings. The van der Waals surface area contributed by atoms with Crippen LogP contribution in [0.2, 0.25) is 0 Å². The van der Waals surface area contributed by atoms with Crippen LogP contribution in [0, 0.1) is 13.8 Å². The first-order valence-electron chi connectivity index (χ1n) is 8.30. The number of rotatable bonds is 5. The summed E-state index contributed by atoms with van der Waals surface area (Å²) < 4.78 is 9.95. The van der Waals surface area contributed by atoms with E-state index >= 15 is 0 Å². The van der Waals surface area contributed by atoms with Gasteiger partial charge in [-0.2, -0.15) is 8.75 Å². The smallest absolute Gasteiger partial charge is 0.274 e. The molecule has 0 radical (unpaired) electrons. The maximum Gasteiger partial charge on any atom is 0.274 e. The summed E-state index contributed by atoms with van der Waals surface area (Å²) in [5.41, 5.74) is 2.52. The highest BCUT2D eigenvalue weighted by atomic mass is 32.1. The fourth-order valence-corrected chi connectivity index (χ4v) is 3.31. The van der Waals surface area contributed by atoms with Gasteiger partial charge in [0.05, 0.1) is 41.9 Å². The second-order valence-corrected chi connectivity index (χ2v) is 6.63. The molecule has 9 nitrogen and oxygen atoms in total. The average molecular weight is 363 g/mol. The molecular formula is C15H21N7O2S. The van der Waals surface area contributed by atoms with E-state index in [1.807, 2.05) is 6.92 Å². The maximum atomic E-state index is 12.3. The predicted molar refractivity (Wildman–Crippen MR) is 91.3 cm³/mol. The van der Waals surface area contributed by atoms with Crippen LogP contribution in [0.25, 0.3) is 0 Å². The maximum absolute atomic E-state index is 12.3. The van der Waals surface area contributed by atoms with E-state index in [0.29, 0.717) is 12.2 Å². The number of piperidine rings is 1. The summed E-state index contributed by atoms with van der Waals surface area (Å²) in [7, 11) is 0. The highest BCUT2D eigenvalue weighted by Crippen LogP contribution is 2.11. The average Bonchev–Trinajstić information content (AvgIpc) is 3.20. The van der Waals surface area contributed by atoms with Crippen LogP contribution in [0.3, 0.4) is 0 Å². The molecule has 0 unspecified atom stereocenters. The number of nitrogens with one attached hydrogen (secondary N) is 1. The molecule has 134 valence electrons. The van der Waals surface area contributed by atoms with Gasteiger partial charge in [-0.25, -0.2) is 4.68 Å². The van der Waals surface area contributed by atoms with Crippen molar-refractivity contribution in [2.24, 2.45) is 0 Å². The van der Waals surface area contributed by atoms with Crippen molar-refractivity contribution in [3.05, 3.63) is 22.8 Å². The van der Waals surface area contributed by atoms with E-state index < -0.39 is 0 Å². The summed E-state index contributed by atoms with van der Waals surface area (Å²) in [6.45, 7) is 5.60. The van der Waals surface area contributed by atoms with Gasteiger partial charge in [-0.05, 0) is 33.1 Å². The lowest BCUT2D eigenvalue weighted by Crippen LogP contribution is -2.42. The molecule has 0 aliphatic carbocycles. The van der Waals surface area contributed by atoms with Gasteiger partial charge >= 0.3 is 0 Å². The van der Waals surface area contributed by atoms with E-state index in [2.05, 4.69) is 24.4 Å². The van der Waals surface area contributed by atoms with Gasteiger partial charge in [0.1, 0.15) is 0 Å². The zero-order chi connectivity index (χ0) is 17.8. The fourth-order valence-electron chi connectivity index (χ4n) is 2.75. The monoisotopic (exact) mass is 363 g/mol. The first-order valence-corrected chi connectivity index (χ1v) is 9.03. The quantitative estimate of drug-likeness (QED) is 0.831. The third-order valence-electron chi connectivity index (χ3n) is 4.35. The SMILES string of the molecule is Cc1nsnc1Cn1nnc(C(=O)NCC(=O)N2CCCCC2)c1C. The molecule has 1 aliphatic heterocycles. The molecule has 25 heavy (non-hydrogen) atoms. The minimum atomic E-state index is -0.387. The zero-order valence-corrected chi connectivity index (χ0v) is 15.2. The van der Waals surface area contributed by atoms with Crippen molar-refractivity contribution in [3.8, 4) is 0 Å². The van der Waals surface area contributed by atoms with Gasteiger partial charge in [0.15, 0.2) is 5.69 Å². The Morgan fingerprint density at radius 2 is 1.92 bits per heavy atom. The minimum Gasteiger partial charge on any atom is -0.342 e. The lowest BCUT2D eigenvalue weighted by atomic mass is 10.1. The predicted octanol–water partition coefficient (Wildman–Crippen LogP) is 0.537. The summed E-state index contributed by atoms with van der Waals surface area (Å²) >= 11 is 1.15. The van der Waals surface area contributed by atoms with Crippen molar-refractivity contribution < 1.29 is 9.59 Å². The molecule has 2 aromatic rings. The number of aromatic nitrogens is 5. The van der Waals surface area contributed by atoms with Crippen LogP contribution in [-0.2, 0) is 11.3 Å². The topological polar surface area (TPSA) is 106 Å². The van der Waals surface area contributed by atoms with Crippen LogP contribution in [0.15, 0.2) is 0 Å². The Morgan fingerprint density at radius 1 is 1.16 bits per heavy atom. The van der Waals surface area contributed by atoms with Crippen LogP contribution in [0.5, 0.6) is 0 Å². The number of carbonyl (C=O) groups is 2. The van der Waals surface area contributed by atoms with E-state index in [9.17, 15) is 9.59 Å². The summed E-state index contributed by atoms with van der Waals surface area (Å²) in [4.78, 5) is 26.2. The Bertz CT molecular complexity index is 764. The van der Waals surface area contributed by atoms with Crippen molar-refractivity contribution in [1.82, 2.24) is 34.0 Å². The summed E-state index contributed by atoms with van der Waals surface area (Å²) in [6, 6.07) is 0. The second kappa shape index (κ2) is 7.68. The van der Waals surface area contributed by atoms with Crippen LogP contribution >= 0.6 is 11.7 Å². The number of likely N-dealkylation sites (tertiary alicyclic amines) is 1. The summed E-state index contributed by atoms with van der Waals surface area (Å²) in [6.07, 6.45) is 3.21. The number of hydrogen-bond donors (Lipinski definition) is 1. The van der Waals surface area contributed by atoms with Crippen molar-refractivity contribution >= 4 is 23.5 Å². The highest BCUT2D eigenvalue weighted by molar-refractivity contribution is 6.99. The van der Waals surface area contributed by atoms with Crippen LogP contribution in [-0.4, -0.2) is 60.1 Å². The Kier molecular flexibility index (Phi) is 5.37. The van der Waals surface area contributed by atoms with E-state index in [1.165, 1.54) is 0 Å². The number of carbonyl (C=O) groups excluding carboxylic acids is 2. The standard InChI is InChI=1S/C15H21N7O2S/c1-10-12(19-25-18-10)9-22-11(2)14(17-20-22)15(24)16-8-13(23)21-6-4-3-5-7-21/h3-9H2,1-2H3,(H,16,24). The van der Waals surface area contributed by atoms with Gasteiger partial charge in [-0.1, -0.05) is 5.21 Å². The lowest BCUT2D eigenvalue weighted by molar-refractivity contribution is -0.130. The largest absolute Gasteiger partial charge is 0.342 e. The van der Waals surface area contributed by atoms with Crippen LogP contribution < -0.4 is 5.32 Å². The normalized spacial score (nSPS) is 14.6. The van der Waals surface area contributed by atoms with Gasteiger partial charge in [0, 0.05) is 13.1 Å². The molecule has 10 heteroatoms. The van der Waals surface area contributed by atoms with Gasteiger partial charge in [-0.3, -0.25) is 9.59 Å². The molecule has 0 spiro atoms. The summed E-state index contributed by atoms with van der Waals surface area (Å²) in [5.74, 6) is -0.440.